The summed E-state index contributed by atoms with van der Waals surface area (Å²) in [6, 6.07) is 11.6. The molecule has 0 spiro atoms. The molecular formula is C25H30ClNO5. The molecule has 1 amide bonds. The highest BCUT2D eigenvalue weighted by Crippen LogP contribution is 2.45. The number of benzene rings is 2. The zero-order valence-electron chi connectivity index (χ0n) is 19.0. The van der Waals surface area contributed by atoms with Crippen LogP contribution in [-0.4, -0.2) is 43.4 Å². The Balaban J connectivity index is 1.50. The van der Waals surface area contributed by atoms with Gasteiger partial charge in [-0.25, -0.2) is 4.79 Å². The Bertz CT molecular complexity index is 979. The number of piperidine rings is 1. The molecule has 0 aliphatic carbocycles. The van der Waals surface area contributed by atoms with E-state index in [1.165, 1.54) is 0 Å². The SMILES string of the molecule is COc1cc(Cl)ccc1C1COc2cccc(C3CCN(C(=O)OC(C)(C)C)CC3)c2O1. The minimum Gasteiger partial charge on any atom is -0.496 e. The number of halogens is 1. The zero-order chi connectivity index (χ0) is 22.9. The first-order chi connectivity index (χ1) is 15.2. The van der Waals surface area contributed by atoms with Crippen molar-refractivity contribution in [2.24, 2.45) is 0 Å². The number of ether oxygens (including phenoxy) is 4. The minimum absolute atomic E-state index is 0.250. The summed E-state index contributed by atoms with van der Waals surface area (Å²) < 4.78 is 23.6. The summed E-state index contributed by atoms with van der Waals surface area (Å²) in [5.74, 6) is 2.48. The number of fused-ring (bicyclic) bond motifs is 1. The van der Waals surface area contributed by atoms with Gasteiger partial charge in [0.25, 0.3) is 0 Å². The van der Waals surface area contributed by atoms with Crippen LogP contribution in [0.5, 0.6) is 17.2 Å². The lowest BCUT2D eigenvalue weighted by molar-refractivity contribution is 0.0203. The molecule has 172 valence electrons. The molecular weight excluding hydrogens is 430 g/mol. The van der Waals surface area contributed by atoms with Crippen LogP contribution in [0.2, 0.25) is 5.02 Å². The first-order valence-corrected chi connectivity index (χ1v) is 11.4. The molecule has 2 heterocycles. The van der Waals surface area contributed by atoms with Crippen molar-refractivity contribution in [3.63, 3.8) is 0 Å². The molecule has 0 N–H and O–H groups in total. The van der Waals surface area contributed by atoms with Crippen molar-refractivity contribution in [3.05, 3.63) is 52.5 Å². The Kier molecular flexibility index (Phi) is 6.42. The van der Waals surface area contributed by atoms with E-state index in [1.807, 2.05) is 45.0 Å². The fraction of sp³-hybridized carbons (Fsp3) is 0.480. The van der Waals surface area contributed by atoms with E-state index in [1.54, 1.807) is 18.1 Å². The van der Waals surface area contributed by atoms with Crippen molar-refractivity contribution in [1.82, 2.24) is 4.90 Å². The van der Waals surface area contributed by atoms with Crippen molar-refractivity contribution >= 4 is 17.7 Å². The largest absolute Gasteiger partial charge is 0.496 e. The van der Waals surface area contributed by atoms with E-state index >= 15 is 0 Å². The van der Waals surface area contributed by atoms with Crippen LogP contribution in [0.4, 0.5) is 4.79 Å². The molecule has 1 atom stereocenters. The van der Waals surface area contributed by atoms with Crippen LogP contribution >= 0.6 is 11.6 Å². The van der Waals surface area contributed by atoms with E-state index in [4.69, 9.17) is 30.5 Å². The fourth-order valence-corrected chi connectivity index (χ4v) is 4.40. The average Bonchev–Trinajstić information content (AvgIpc) is 2.77. The third-order valence-electron chi connectivity index (χ3n) is 5.79. The fourth-order valence-electron chi connectivity index (χ4n) is 4.24. The number of amides is 1. The maximum Gasteiger partial charge on any atom is 0.410 e. The lowest BCUT2D eigenvalue weighted by Crippen LogP contribution is -2.41. The molecule has 7 heteroatoms. The summed E-state index contributed by atoms with van der Waals surface area (Å²) in [7, 11) is 1.62. The first kappa shape index (κ1) is 22.6. The maximum absolute atomic E-state index is 12.4. The van der Waals surface area contributed by atoms with E-state index in [0.29, 0.717) is 30.5 Å². The first-order valence-electron chi connectivity index (χ1n) is 11.0. The van der Waals surface area contributed by atoms with Gasteiger partial charge in [-0.1, -0.05) is 23.7 Å². The van der Waals surface area contributed by atoms with Gasteiger partial charge in [-0.05, 0) is 63.8 Å². The standard InChI is InChI=1S/C25H30ClNO5/c1-25(2,3)32-24(28)27-12-10-16(11-13-27)18-6-5-7-20-23(18)31-22(15-30-20)19-9-8-17(26)14-21(19)29-4/h5-9,14,16,22H,10-13,15H2,1-4H3. The Morgan fingerprint density at radius 3 is 2.56 bits per heavy atom. The van der Waals surface area contributed by atoms with Crippen molar-refractivity contribution in [1.29, 1.82) is 0 Å². The molecule has 32 heavy (non-hydrogen) atoms. The monoisotopic (exact) mass is 459 g/mol. The summed E-state index contributed by atoms with van der Waals surface area (Å²) in [6.45, 7) is 7.36. The molecule has 1 saturated heterocycles. The van der Waals surface area contributed by atoms with Gasteiger partial charge < -0.3 is 23.8 Å². The smallest absolute Gasteiger partial charge is 0.410 e. The molecule has 2 aromatic rings. The number of hydrogen-bond acceptors (Lipinski definition) is 5. The Morgan fingerprint density at radius 2 is 1.88 bits per heavy atom. The summed E-state index contributed by atoms with van der Waals surface area (Å²) >= 11 is 6.12. The van der Waals surface area contributed by atoms with Crippen molar-refractivity contribution < 1.29 is 23.7 Å². The van der Waals surface area contributed by atoms with Gasteiger partial charge in [0.05, 0.1) is 7.11 Å². The number of methoxy groups -OCH3 is 1. The highest BCUT2D eigenvalue weighted by molar-refractivity contribution is 6.30. The van der Waals surface area contributed by atoms with E-state index in [-0.39, 0.29) is 18.1 Å². The second-order valence-electron chi connectivity index (χ2n) is 9.22. The second kappa shape index (κ2) is 9.10. The molecule has 2 aliphatic rings. The van der Waals surface area contributed by atoms with Crippen molar-refractivity contribution in [2.45, 2.75) is 51.2 Å². The number of likely N-dealkylation sites (tertiary alicyclic amines) is 1. The van der Waals surface area contributed by atoms with Gasteiger partial charge >= 0.3 is 6.09 Å². The van der Waals surface area contributed by atoms with E-state index < -0.39 is 5.60 Å². The predicted octanol–water partition coefficient (Wildman–Crippen LogP) is 5.98. The topological polar surface area (TPSA) is 57.2 Å². The number of rotatable bonds is 3. The van der Waals surface area contributed by atoms with Crippen LogP contribution in [0.25, 0.3) is 0 Å². The number of carbonyl (C=O) groups is 1. The average molecular weight is 460 g/mol. The van der Waals surface area contributed by atoms with Crippen LogP contribution in [0, 0.1) is 0 Å². The number of hydrogen-bond donors (Lipinski definition) is 0. The third-order valence-corrected chi connectivity index (χ3v) is 6.02. The second-order valence-corrected chi connectivity index (χ2v) is 9.66. The van der Waals surface area contributed by atoms with E-state index in [2.05, 4.69) is 6.07 Å². The van der Waals surface area contributed by atoms with Gasteiger partial charge in [0.15, 0.2) is 17.6 Å². The lowest BCUT2D eigenvalue weighted by atomic mass is 9.88. The van der Waals surface area contributed by atoms with Gasteiger partial charge in [0, 0.05) is 29.2 Å². The molecule has 2 aromatic carbocycles. The number of carbonyl (C=O) groups excluding carboxylic acids is 1. The van der Waals surface area contributed by atoms with Crippen molar-refractivity contribution in [3.8, 4) is 17.2 Å². The molecule has 0 radical (unpaired) electrons. The Morgan fingerprint density at radius 1 is 1.12 bits per heavy atom. The number of nitrogens with zero attached hydrogens (tertiary/aromatic N) is 1. The van der Waals surface area contributed by atoms with Gasteiger partial charge in [0.2, 0.25) is 0 Å². The molecule has 0 bridgehead atoms. The lowest BCUT2D eigenvalue weighted by Gasteiger charge is -2.35. The highest BCUT2D eigenvalue weighted by atomic mass is 35.5. The van der Waals surface area contributed by atoms with E-state index in [9.17, 15) is 4.79 Å². The third kappa shape index (κ3) is 4.90. The Hall–Kier alpha value is -2.60. The summed E-state index contributed by atoms with van der Waals surface area (Å²) in [5.41, 5.74) is 1.52. The predicted molar refractivity (Wildman–Crippen MR) is 123 cm³/mol. The highest BCUT2D eigenvalue weighted by Gasteiger charge is 2.32. The zero-order valence-corrected chi connectivity index (χ0v) is 19.8. The molecule has 1 unspecified atom stereocenters. The van der Waals surface area contributed by atoms with Crippen molar-refractivity contribution in [2.75, 3.05) is 26.8 Å². The van der Waals surface area contributed by atoms with Crippen LogP contribution in [0.15, 0.2) is 36.4 Å². The normalized spacial score (nSPS) is 18.9. The summed E-state index contributed by atoms with van der Waals surface area (Å²) in [4.78, 5) is 14.2. The Labute approximate surface area is 194 Å². The molecule has 0 saturated carbocycles. The van der Waals surface area contributed by atoms with Gasteiger partial charge in [-0.3, -0.25) is 0 Å². The molecule has 4 rings (SSSR count). The van der Waals surface area contributed by atoms with E-state index in [0.717, 1.165) is 35.5 Å². The van der Waals surface area contributed by atoms with Crippen LogP contribution in [0.1, 0.15) is 56.8 Å². The molecule has 0 aromatic heterocycles. The van der Waals surface area contributed by atoms with Crippen LogP contribution in [-0.2, 0) is 4.74 Å². The maximum atomic E-state index is 12.4. The van der Waals surface area contributed by atoms with Crippen LogP contribution in [0.3, 0.4) is 0 Å². The number of para-hydroxylation sites is 1. The van der Waals surface area contributed by atoms with Gasteiger partial charge in [0.1, 0.15) is 18.0 Å². The minimum atomic E-state index is -0.491. The summed E-state index contributed by atoms with van der Waals surface area (Å²) in [6.07, 6.45) is 1.14. The van der Waals surface area contributed by atoms with Gasteiger partial charge in [-0.2, -0.15) is 0 Å². The molecule has 1 fully saturated rings. The molecule has 6 nitrogen and oxygen atoms in total. The quantitative estimate of drug-likeness (QED) is 0.565. The van der Waals surface area contributed by atoms with Gasteiger partial charge in [-0.15, -0.1) is 0 Å². The molecule has 2 aliphatic heterocycles. The summed E-state index contributed by atoms with van der Waals surface area (Å²) in [5, 5.41) is 0.611. The van der Waals surface area contributed by atoms with Crippen LogP contribution < -0.4 is 14.2 Å².